The predicted molar refractivity (Wildman–Crippen MR) is 85.0 cm³/mol. The zero-order chi connectivity index (χ0) is 14.8. The van der Waals surface area contributed by atoms with Crippen LogP contribution in [0.15, 0.2) is 41.4 Å². The fourth-order valence-corrected chi connectivity index (χ4v) is 3.19. The van der Waals surface area contributed by atoms with Crippen molar-refractivity contribution >= 4 is 17.5 Å². The van der Waals surface area contributed by atoms with Gasteiger partial charge in [-0.1, -0.05) is 12.1 Å². The van der Waals surface area contributed by atoms with Crippen molar-refractivity contribution in [1.29, 1.82) is 0 Å². The molecule has 21 heavy (non-hydrogen) atoms. The van der Waals surface area contributed by atoms with Gasteiger partial charge >= 0.3 is 0 Å². The molecule has 0 spiro atoms. The molecule has 3 rings (SSSR count). The summed E-state index contributed by atoms with van der Waals surface area (Å²) < 4.78 is 7.40. The number of thioether (sulfide) groups is 1. The number of aromatic nitrogens is 3. The standard InChI is InChI=1S/C16H17N3OS/c1-11-8-12(2)19-9-13(18-16(19)17-11)10-21-15-7-5-4-6-14(15)20-3/h4-9H,10H2,1-3H3. The largest absolute Gasteiger partial charge is 0.496 e. The van der Waals surface area contributed by atoms with Gasteiger partial charge in [0.25, 0.3) is 0 Å². The number of benzene rings is 1. The van der Waals surface area contributed by atoms with Crippen LogP contribution in [0.2, 0.25) is 0 Å². The SMILES string of the molecule is COc1ccccc1SCc1cn2c(C)cc(C)nc2n1. The fraction of sp³-hybridized carbons (Fsp3) is 0.250. The van der Waals surface area contributed by atoms with Crippen LogP contribution in [-0.4, -0.2) is 21.5 Å². The molecule has 2 heterocycles. The van der Waals surface area contributed by atoms with Crippen LogP contribution in [0, 0.1) is 13.8 Å². The fourth-order valence-electron chi connectivity index (χ4n) is 2.28. The van der Waals surface area contributed by atoms with Gasteiger partial charge < -0.3 is 4.74 Å². The second kappa shape index (κ2) is 5.77. The number of aryl methyl sites for hydroxylation is 2. The highest BCUT2D eigenvalue weighted by Crippen LogP contribution is 2.31. The molecule has 3 aromatic rings. The van der Waals surface area contributed by atoms with Gasteiger partial charge in [-0.05, 0) is 32.0 Å². The summed E-state index contributed by atoms with van der Waals surface area (Å²) in [6.07, 6.45) is 2.06. The molecule has 0 atom stereocenters. The van der Waals surface area contributed by atoms with E-state index in [4.69, 9.17) is 4.74 Å². The van der Waals surface area contributed by atoms with Gasteiger partial charge in [0, 0.05) is 28.2 Å². The molecule has 0 saturated heterocycles. The topological polar surface area (TPSA) is 39.4 Å². The first kappa shape index (κ1) is 13.9. The van der Waals surface area contributed by atoms with Crippen LogP contribution >= 0.6 is 11.8 Å². The second-order valence-electron chi connectivity index (χ2n) is 4.88. The lowest BCUT2D eigenvalue weighted by Crippen LogP contribution is -1.94. The summed E-state index contributed by atoms with van der Waals surface area (Å²) in [5.41, 5.74) is 3.17. The molecule has 0 aliphatic carbocycles. The van der Waals surface area contributed by atoms with Crippen molar-refractivity contribution in [3.8, 4) is 5.75 Å². The molecular formula is C16H17N3OS. The molecule has 5 heteroatoms. The molecular weight excluding hydrogens is 282 g/mol. The number of hydrogen-bond donors (Lipinski definition) is 0. The Morgan fingerprint density at radius 2 is 2.00 bits per heavy atom. The maximum absolute atomic E-state index is 5.37. The van der Waals surface area contributed by atoms with Crippen molar-refractivity contribution < 1.29 is 4.74 Å². The molecule has 0 fully saturated rings. The Bertz CT molecular complexity index is 782. The molecule has 0 bridgehead atoms. The third kappa shape index (κ3) is 2.88. The minimum absolute atomic E-state index is 0.767. The lowest BCUT2D eigenvalue weighted by atomic mass is 10.3. The van der Waals surface area contributed by atoms with Gasteiger partial charge in [0.2, 0.25) is 5.78 Å². The van der Waals surface area contributed by atoms with Gasteiger partial charge in [0.05, 0.1) is 12.8 Å². The number of fused-ring (bicyclic) bond motifs is 1. The lowest BCUT2D eigenvalue weighted by molar-refractivity contribution is 0.405. The molecule has 0 saturated carbocycles. The first-order valence-electron chi connectivity index (χ1n) is 6.75. The molecule has 0 unspecified atom stereocenters. The summed E-state index contributed by atoms with van der Waals surface area (Å²) in [5, 5.41) is 0. The van der Waals surface area contributed by atoms with Crippen LogP contribution in [-0.2, 0) is 5.75 Å². The van der Waals surface area contributed by atoms with Gasteiger partial charge in [-0.15, -0.1) is 11.8 Å². The quantitative estimate of drug-likeness (QED) is 0.689. The molecule has 0 aliphatic rings. The summed E-state index contributed by atoms with van der Waals surface area (Å²) in [6, 6.07) is 10.1. The Morgan fingerprint density at radius 1 is 1.19 bits per heavy atom. The highest BCUT2D eigenvalue weighted by atomic mass is 32.2. The number of nitrogens with zero attached hydrogens (tertiary/aromatic N) is 3. The van der Waals surface area contributed by atoms with Crippen molar-refractivity contribution in [1.82, 2.24) is 14.4 Å². The van der Waals surface area contributed by atoms with Crippen molar-refractivity contribution in [2.24, 2.45) is 0 Å². The highest BCUT2D eigenvalue weighted by molar-refractivity contribution is 7.98. The minimum Gasteiger partial charge on any atom is -0.496 e. The third-order valence-electron chi connectivity index (χ3n) is 3.26. The Labute approximate surface area is 128 Å². The number of imidazole rings is 1. The van der Waals surface area contributed by atoms with Gasteiger partial charge in [-0.25, -0.2) is 9.97 Å². The maximum Gasteiger partial charge on any atom is 0.234 e. The van der Waals surface area contributed by atoms with E-state index in [0.29, 0.717) is 0 Å². The van der Waals surface area contributed by atoms with Gasteiger partial charge in [0.1, 0.15) is 5.75 Å². The maximum atomic E-state index is 5.37. The van der Waals surface area contributed by atoms with Gasteiger partial charge in [-0.3, -0.25) is 4.40 Å². The summed E-state index contributed by atoms with van der Waals surface area (Å²) >= 11 is 1.72. The van der Waals surface area contributed by atoms with E-state index in [0.717, 1.165) is 39.3 Å². The van der Waals surface area contributed by atoms with E-state index in [2.05, 4.69) is 35.2 Å². The molecule has 0 amide bonds. The van der Waals surface area contributed by atoms with Crippen molar-refractivity contribution in [2.45, 2.75) is 24.5 Å². The van der Waals surface area contributed by atoms with Gasteiger partial charge in [-0.2, -0.15) is 0 Å². The third-order valence-corrected chi connectivity index (χ3v) is 4.34. The van der Waals surface area contributed by atoms with Crippen LogP contribution in [0.1, 0.15) is 17.1 Å². The normalized spacial score (nSPS) is 11.0. The van der Waals surface area contributed by atoms with E-state index < -0.39 is 0 Å². The summed E-state index contributed by atoms with van der Waals surface area (Å²) in [6.45, 7) is 4.06. The molecule has 2 aromatic heterocycles. The molecule has 4 nitrogen and oxygen atoms in total. The Balaban J connectivity index is 1.84. The monoisotopic (exact) mass is 299 g/mol. The van der Waals surface area contributed by atoms with Crippen LogP contribution in [0.4, 0.5) is 0 Å². The number of hydrogen-bond acceptors (Lipinski definition) is 4. The predicted octanol–water partition coefficient (Wildman–Crippen LogP) is 3.65. The lowest BCUT2D eigenvalue weighted by Gasteiger charge is -2.06. The zero-order valence-corrected chi connectivity index (χ0v) is 13.1. The molecule has 0 aliphatic heterocycles. The van der Waals surface area contributed by atoms with E-state index in [1.165, 1.54) is 0 Å². The minimum atomic E-state index is 0.767. The van der Waals surface area contributed by atoms with Crippen molar-refractivity contribution in [3.63, 3.8) is 0 Å². The molecule has 0 radical (unpaired) electrons. The van der Waals surface area contributed by atoms with Crippen molar-refractivity contribution in [2.75, 3.05) is 7.11 Å². The summed E-state index contributed by atoms with van der Waals surface area (Å²) in [7, 11) is 1.69. The first-order chi connectivity index (χ1) is 10.2. The van der Waals surface area contributed by atoms with E-state index in [1.807, 2.05) is 29.5 Å². The van der Waals surface area contributed by atoms with E-state index in [9.17, 15) is 0 Å². The smallest absolute Gasteiger partial charge is 0.234 e. The van der Waals surface area contributed by atoms with E-state index >= 15 is 0 Å². The zero-order valence-electron chi connectivity index (χ0n) is 12.3. The summed E-state index contributed by atoms with van der Waals surface area (Å²) in [4.78, 5) is 10.2. The van der Waals surface area contributed by atoms with Crippen molar-refractivity contribution in [3.05, 3.63) is 53.6 Å². The second-order valence-corrected chi connectivity index (χ2v) is 5.90. The first-order valence-corrected chi connectivity index (χ1v) is 7.74. The molecule has 108 valence electrons. The molecule has 1 aromatic carbocycles. The number of para-hydroxylation sites is 1. The van der Waals surface area contributed by atoms with E-state index in [-0.39, 0.29) is 0 Å². The number of rotatable bonds is 4. The Hall–Kier alpha value is -2.01. The van der Waals surface area contributed by atoms with Crippen LogP contribution in [0.25, 0.3) is 5.78 Å². The Morgan fingerprint density at radius 3 is 2.81 bits per heavy atom. The van der Waals surface area contributed by atoms with Gasteiger partial charge in [0.15, 0.2) is 0 Å². The number of methoxy groups -OCH3 is 1. The highest BCUT2D eigenvalue weighted by Gasteiger charge is 2.08. The Kier molecular flexibility index (Phi) is 3.84. The van der Waals surface area contributed by atoms with Crippen LogP contribution in [0.3, 0.4) is 0 Å². The van der Waals surface area contributed by atoms with E-state index in [1.54, 1.807) is 18.9 Å². The van der Waals surface area contributed by atoms with Crippen LogP contribution in [0.5, 0.6) is 5.75 Å². The molecule has 0 N–H and O–H groups in total. The summed E-state index contributed by atoms with van der Waals surface area (Å²) in [5.74, 6) is 2.46. The number of ether oxygens (including phenoxy) is 1. The average Bonchev–Trinajstić information content (AvgIpc) is 2.88. The van der Waals surface area contributed by atoms with Crippen LogP contribution < -0.4 is 4.74 Å². The average molecular weight is 299 g/mol.